The first-order valence-electron chi connectivity index (χ1n) is 6.10. The molecule has 1 rings (SSSR count). The Balaban J connectivity index is 2.06. The second-order valence-electron chi connectivity index (χ2n) is 4.60. The molecule has 1 aliphatic carbocycles. The van der Waals surface area contributed by atoms with Gasteiger partial charge in [-0.25, -0.2) is 0 Å². The number of aliphatic hydroxyl groups is 1. The number of unbranched alkanes of at least 4 members (excludes halogenated alkanes) is 1. The Morgan fingerprint density at radius 3 is 2.47 bits per heavy atom. The standard InChI is InChI=1S/C12H22O3/c13-11(8-4-5-9-12(14)15)10-6-2-1-3-7-10/h10-11,13H,1-9H2,(H,14,15). The molecule has 0 saturated heterocycles. The summed E-state index contributed by atoms with van der Waals surface area (Å²) in [6.07, 6.45) is 8.45. The SMILES string of the molecule is O=C(O)CCCCC(O)C1CCCCC1. The van der Waals surface area contributed by atoms with Crippen molar-refractivity contribution in [1.29, 1.82) is 0 Å². The summed E-state index contributed by atoms with van der Waals surface area (Å²) in [6.45, 7) is 0. The van der Waals surface area contributed by atoms with Gasteiger partial charge in [0.25, 0.3) is 0 Å². The number of carbonyl (C=O) groups is 1. The van der Waals surface area contributed by atoms with Gasteiger partial charge in [0, 0.05) is 6.42 Å². The summed E-state index contributed by atoms with van der Waals surface area (Å²) in [4.78, 5) is 10.3. The fraction of sp³-hybridized carbons (Fsp3) is 0.917. The van der Waals surface area contributed by atoms with Crippen LogP contribution in [0.4, 0.5) is 0 Å². The Morgan fingerprint density at radius 2 is 1.87 bits per heavy atom. The number of carboxylic acids is 1. The number of carboxylic acid groups (broad SMARTS) is 1. The van der Waals surface area contributed by atoms with Crippen molar-refractivity contribution in [3.8, 4) is 0 Å². The fourth-order valence-electron chi connectivity index (χ4n) is 2.38. The van der Waals surface area contributed by atoms with E-state index < -0.39 is 5.97 Å². The van der Waals surface area contributed by atoms with Crippen LogP contribution in [0.15, 0.2) is 0 Å². The van der Waals surface area contributed by atoms with Crippen LogP contribution in [0.1, 0.15) is 57.8 Å². The van der Waals surface area contributed by atoms with Crippen LogP contribution in [0, 0.1) is 5.92 Å². The molecule has 15 heavy (non-hydrogen) atoms. The van der Waals surface area contributed by atoms with Crippen LogP contribution < -0.4 is 0 Å². The van der Waals surface area contributed by atoms with Gasteiger partial charge in [0.15, 0.2) is 0 Å². The Hall–Kier alpha value is -0.570. The molecule has 88 valence electrons. The number of hydrogen-bond donors (Lipinski definition) is 2. The molecule has 0 amide bonds. The summed E-state index contributed by atoms with van der Waals surface area (Å²) in [5, 5.41) is 18.4. The third kappa shape index (κ3) is 5.17. The van der Waals surface area contributed by atoms with Gasteiger partial charge < -0.3 is 10.2 Å². The zero-order chi connectivity index (χ0) is 11.1. The summed E-state index contributed by atoms with van der Waals surface area (Å²) in [6, 6.07) is 0. The van der Waals surface area contributed by atoms with Gasteiger partial charge in [-0.1, -0.05) is 25.7 Å². The van der Waals surface area contributed by atoms with E-state index in [1.54, 1.807) is 0 Å². The van der Waals surface area contributed by atoms with Crippen molar-refractivity contribution in [2.75, 3.05) is 0 Å². The normalized spacial score (nSPS) is 20.1. The van der Waals surface area contributed by atoms with E-state index in [4.69, 9.17) is 5.11 Å². The first kappa shape index (κ1) is 12.5. The largest absolute Gasteiger partial charge is 0.481 e. The monoisotopic (exact) mass is 214 g/mol. The van der Waals surface area contributed by atoms with Crippen molar-refractivity contribution in [2.45, 2.75) is 63.9 Å². The van der Waals surface area contributed by atoms with Crippen molar-refractivity contribution in [3.63, 3.8) is 0 Å². The number of aliphatic carboxylic acids is 1. The minimum atomic E-state index is -0.734. The smallest absolute Gasteiger partial charge is 0.303 e. The molecule has 0 aromatic carbocycles. The second-order valence-corrected chi connectivity index (χ2v) is 4.60. The first-order valence-corrected chi connectivity index (χ1v) is 6.10. The van der Waals surface area contributed by atoms with Gasteiger partial charge in [-0.2, -0.15) is 0 Å². The van der Waals surface area contributed by atoms with Crippen LogP contribution in [-0.2, 0) is 4.79 Å². The summed E-state index contributed by atoms with van der Waals surface area (Å²) >= 11 is 0. The van der Waals surface area contributed by atoms with Gasteiger partial charge in [-0.05, 0) is 31.6 Å². The molecular formula is C12H22O3. The molecule has 0 aliphatic heterocycles. The number of aliphatic hydroxyl groups excluding tert-OH is 1. The molecule has 1 fully saturated rings. The maximum atomic E-state index is 10.3. The van der Waals surface area contributed by atoms with Crippen molar-refractivity contribution in [2.24, 2.45) is 5.92 Å². The molecule has 1 atom stereocenters. The van der Waals surface area contributed by atoms with Crippen LogP contribution in [-0.4, -0.2) is 22.3 Å². The minimum absolute atomic E-state index is 0.195. The van der Waals surface area contributed by atoms with Crippen molar-refractivity contribution in [3.05, 3.63) is 0 Å². The van der Waals surface area contributed by atoms with Gasteiger partial charge in [0.05, 0.1) is 6.10 Å². The molecule has 2 N–H and O–H groups in total. The quantitative estimate of drug-likeness (QED) is 0.668. The van der Waals surface area contributed by atoms with Crippen molar-refractivity contribution < 1.29 is 15.0 Å². The molecule has 0 aromatic heterocycles. The molecule has 1 unspecified atom stereocenters. The molecule has 1 aliphatic rings. The summed E-state index contributed by atoms with van der Waals surface area (Å²) < 4.78 is 0. The zero-order valence-electron chi connectivity index (χ0n) is 9.32. The van der Waals surface area contributed by atoms with Crippen LogP contribution in [0.5, 0.6) is 0 Å². The number of rotatable bonds is 6. The predicted molar refractivity (Wildman–Crippen MR) is 58.7 cm³/mol. The average Bonchev–Trinajstić information content (AvgIpc) is 2.25. The maximum Gasteiger partial charge on any atom is 0.303 e. The van der Waals surface area contributed by atoms with E-state index in [9.17, 15) is 9.90 Å². The lowest BCUT2D eigenvalue weighted by Crippen LogP contribution is -2.22. The highest BCUT2D eigenvalue weighted by Gasteiger charge is 2.20. The Morgan fingerprint density at radius 1 is 1.20 bits per heavy atom. The first-order chi connectivity index (χ1) is 7.20. The molecule has 1 saturated carbocycles. The van der Waals surface area contributed by atoms with Gasteiger partial charge in [0.2, 0.25) is 0 Å². The van der Waals surface area contributed by atoms with E-state index in [2.05, 4.69) is 0 Å². The molecule has 0 heterocycles. The fourth-order valence-corrected chi connectivity index (χ4v) is 2.38. The Labute approximate surface area is 91.5 Å². The lowest BCUT2D eigenvalue weighted by molar-refractivity contribution is -0.137. The Kier molecular flexibility index (Phi) is 5.69. The molecule has 0 spiro atoms. The molecule has 0 radical (unpaired) electrons. The van der Waals surface area contributed by atoms with Crippen LogP contribution >= 0.6 is 0 Å². The van der Waals surface area contributed by atoms with Gasteiger partial charge in [0.1, 0.15) is 0 Å². The highest BCUT2D eigenvalue weighted by atomic mass is 16.4. The summed E-state index contributed by atoms with van der Waals surface area (Å²) in [5.74, 6) is -0.259. The molecular weight excluding hydrogens is 192 g/mol. The van der Waals surface area contributed by atoms with Crippen molar-refractivity contribution in [1.82, 2.24) is 0 Å². The molecule has 0 bridgehead atoms. The number of hydrogen-bond acceptors (Lipinski definition) is 2. The van der Waals surface area contributed by atoms with E-state index in [0.717, 1.165) is 25.7 Å². The van der Waals surface area contributed by atoms with Gasteiger partial charge in [-0.3, -0.25) is 4.79 Å². The molecule has 0 aromatic rings. The van der Waals surface area contributed by atoms with Crippen LogP contribution in [0.2, 0.25) is 0 Å². The topological polar surface area (TPSA) is 57.5 Å². The summed E-state index contributed by atoms with van der Waals surface area (Å²) in [5.41, 5.74) is 0. The van der Waals surface area contributed by atoms with Crippen LogP contribution in [0.3, 0.4) is 0 Å². The average molecular weight is 214 g/mol. The van der Waals surface area contributed by atoms with Gasteiger partial charge in [-0.15, -0.1) is 0 Å². The Bertz CT molecular complexity index is 185. The lowest BCUT2D eigenvalue weighted by Gasteiger charge is -2.26. The molecule has 3 nitrogen and oxygen atoms in total. The molecule has 3 heteroatoms. The van der Waals surface area contributed by atoms with E-state index >= 15 is 0 Å². The van der Waals surface area contributed by atoms with E-state index in [1.807, 2.05) is 0 Å². The maximum absolute atomic E-state index is 10.3. The van der Waals surface area contributed by atoms with Gasteiger partial charge >= 0.3 is 5.97 Å². The summed E-state index contributed by atoms with van der Waals surface area (Å²) in [7, 11) is 0. The minimum Gasteiger partial charge on any atom is -0.481 e. The van der Waals surface area contributed by atoms with Crippen molar-refractivity contribution >= 4 is 5.97 Å². The third-order valence-electron chi connectivity index (χ3n) is 3.33. The highest BCUT2D eigenvalue weighted by molar-refractivity contribution is 5.66. The van der Waals surface area contributed by atoms with E-state index in [0.29, 0.717) is 12.3 Å². The highest BCUT2D eigenvalue weighted by Crippen LogP contribution is 2.28. The zero-order valence-corrected chi connectivity index (χ0v) is 9.32. The van der Waals surface area contributed by atoms with E-state index in [-0.39, 0.29) is 12.5 Å². The lowest BCUT2D eigenvalue weighted by atomic mass is 9.83. The predicted octanol–water partition coefficient (Wildman–Crippen LogP) is 2.57. The third-order valence-corrected chi connectivity index (χ3v) is 3.33. The van der Waals surface area contributed by atoms with Crippen LogP contribution in [0.25, 0.3) is 0 Å². The second kappa shape index (κ2) is 6.83. The van der Waals surface area contributed by atoms with E-state index in [1.165, 1.54) is 19.3 Å².